The number of anilines is 1. The first-order valence-electron chi connectivity index (χ1n) is 6.82. The second-order valence-corrected chi connectivity index (χ2v) is 6.08. The smallest absolute Gasteiger partial charge is 0.201 e. The van der Waals surface area contributed by atoms with Gasteiger partial charge >= 0.3 is 0 Å². The molecule has 1 unspecified atom stereocenters. The van der Waals surface area contributed by atoms with Crippen molar-refractivity contribution in [2.45, 2.75) is 45.6 Å². The van der Waals surface area contributed by atoms with Gasteiger partial charge in [-0.3, -0.25) is 0 Å². The topological polar surface area (TPSA) is 43.8 Å². The second kappa shape index (κ2) is 4.01. The Labute approximate surface area is 108 Å². The highest BCUT2D eigenvalue weighted by Gasteiger charge is 2.35. The SMILES string of the molecule is CC1(C)CCCCC1n1c(N)nc2ccccc21. The molecule has 2 N–H and O–H groups in total. The first-order valence-corrected chi connectivity index (χ1v) is 6.82. The number of para-hydroxylation sites is 2. The number of nitrogens with zero attached hydrogens (tertiary/aromatic N) is 2. The summed E-state index contributed by atoms with van der Waals surface area (Å²) < 4.78 is 2.26. The largest absolute Gasteiger partial charge is 0.369 e. The van der Waals surface area contributed by atoms with E-state index in [1.54, 1.807) is 0 Å². The highest BCUT2D eigenvalue weighted by atomic mass is 15.2. The summed E-state index contributed by atoms with van der Waals surface area (Å²) >= 11 is 0. The Hall–Kier alpha value is -1.51. The molecule has 1 atom stereocenters. The first kappa shape index (κ1) is 11.6. The van der Waals surface area contributed by atoms with Gasteiger partial charge in [0.05, 0.1) is 11.0 Å². The molecular weight excluding hydrogens is 222 g/mol. The lowest BCUT2D eigenvalue weighted by molar-refractivity contribution is 0.149. The van der Waals surface area contributed by atoms with Crippen LogP contribution in [0.1, 0.15) is 45.6 Å². The van der Waals surface area contributed by atoms with Crippen molar-refractivity contribution < 1.29 is 0 Å². The van der Waals surface area contributed by atoms with E-state index in [0.29, 0.717) is 17.4 Å². The number of nitrogen functional groups attached to an aromatic ring is 1. The molecule has 18 heavy (non-hydrogen) atoms. The summed E-state index contributed by atoms with van der Waals surface area (Å²) in [7, 11) is 0. The molecule has 3 rings (SSSR count). The third-order valence-corrected chi connectivity index (χ3v) is 4.39. The zero-order valence-electron chi connectivity index (χ0n) is 11.2. The van der Waals surface area contributed by atoms with Crippen LogP contribution in [0.5, 0.6) is 0 Å². The van der Waals surface area contributed by atoms with Crippen LogP contribution in [0.4, 0.5) is 5.95 Å². The van der Waals surface area contributed by atoms with E-state index in [1.807, 2.05) is 12.1 Å². The molecule has 1 heterocycles. The molecular formula is C15H21N3. The van der Waals surface area contributed by atoms with Crippen molar-refractivity contribution in [2.75, 3.05) is 5.73 Å². The van der Waals surface area contributed by atoms with Gasteiger partial charge in [0.15, 0.2) is 0 Å². The number of rotatable bonds is 1. The third kappa shape index (κ3) is 1.69. The zero-order valence-corrected chi connectivity index (χ0v) is 11.2. The van der Waals surface area contributed by atoms with E-state index in [1.165, 1.54) is 31.2 Å². The molecule has 96 valence electrons. The predicted molar refractivity (Wildman–Crippen MR) is 75.4 cm³/mol. The highest BCUT2D eigenvalue weighted by molar-refractivity contribution is 5.78. The molecule has 0 bridgehead atoms. The van der Waals surface area contributed by atoms with Crippen molar-refractivity contribution in [3.8, 4) is 0 Å². The number of hydrogen-bond acceptors (Lipinski definition) is 2. The van der Waals surface area contributed by atoms with E-state index < -0.39 is 0 Å². The Kier molecular flexibility index (Phi) is 2.58. The summed E-state index contributed by atoms with van der Waals surface area (Å²) in [5, 5.41) is 0. The van der Waals surface area contributed by atoms with Crippen LogP contribution in [0.3, 0.4) is 0 Å². The molecule has 1 aromatic carbocycles. The second-order valence-electron chi connectivity index (χ2n) is 6.08. The van der Waals surface area contributed by atoms with Gasteiger partial charge < -0.3 is 10.3 Å². The van der Waals surface area contributed by atoms with Gasteiger partial charge in [-0.15, -0.1) is 0 Å². The van der Waals surface area contributed by atoms with Crippen molar-refractivity contribution in [1.29, 1.82) is 0 Å². The van der Waals surface area contributed by atoms with Gasteiger partial charge in [-0.2, -0.15) is 0 Å². The molecule has 0 aliphatic heterocycles. The third-order valence-electron chi connectivity index (χ3n) is 4.39. The summed E-state index contributed by atoms with van der Waals surface area (Å²) in [5.41, 5.74) is 8.64. The van der Waals surface area contributed by atoms with Gasteiger partial charge in [-0.25, -0.2) is 4.98 Å². The van der Waals surface area contributed by atoms with E-state index in [9.17, 15) is 0 Å². The van der Waals surface area contributed by atoms with E-state index in [4.69, 9.17) is 5.73 Å². The minimum absolute atomic E-state index is 0.301. The Morgan fingerprint density at radius 1 is 1.28 bits per heavy atom. The number of imidazole rings is 1. The van der Waals surface area contributed by atoms with Crippen LogP contribution in [0.25, 0.3) is 11.0 Å². The summed E-state index contributed by atoms with van der Waals surface area (Å²) in [6, 6.07) is 8.72. The maximum atomic E-state index is 6.16. The van der Waals surface area contributed by atoms with Crippen molar-refractivity contribution in [1.82, 2.24) is 9.55 Å². The van der Waals surface area contributed by atoms with Crippen LogP contribution in [0.15, 0.2) is 24.3 Å². The van der Waals surface area contributed by atoms with Gasteiger partial charge in [0, 0.05) is 6.04 Å². The molecule has 0 radical (unpaired) electrons. The zero-order chi connectivity index (χ0) is 12.8. The van der Waals surface area contributed by atoms with Crippen molar-refractivity contribution >= 4 is 17.0 Å². The van der Waals surface area contributed by atoms with Crippen LogP contribution in [0.2, 0.25) is 0 Å². The number of benzene rings is 1. The van der Waals surface area contributed by atoms with Crippen molar-refractivity contribution in [3.63, 3.8) is 0 Å². The number of aromatic nitrogens is 2. The average Bonchev–Trinajstić information content (AvgIpc) is 2.65. The van der Waals surface area contributed by atoms with Crippen LogP contribution in [-0.4, -0.2) is 9.55 Å². The van der Waals surface area contributed by atoms with Crippen LogP contribution in [-0.2, 0) is 0 Å². The van der Waals surface area contributed by atoms with E-state index in [0.717, 1.165) is 5.52 Å². The maximum Gasteiger partial charge on any atom is 0.201 e. The summed E-state index contributed by atoms with van der Waals surface area (Å²) in [5.74, 6) is 0.663. The van der Waals surface area contributed by atoms with Gasteiger partial charge in [0.1, 0.15) is 0 Å². The Balaban J connectivity index is 2.16. The van der Waals surface area contributed by atoms with Crippen LogP contribution < -0.4 is 5.73 Å². The van der Waals surface area contributed by atoms with E-state index >= 15 is 0 Å². The molecule has 1 aromatic heterocycles. The molecule has 0 saturated heterocycles. The molecule has 3 heteroatoms. The predicted octanol–water partition coefficient (Wildman–Crippen LogP) is 3.76. The summed E-state index contributed by atoms with van der Waals surface area (Å²) in [6.45, 7) is 4.70. The molecule has 1 aliphatic carbocycles. The molecule has 0 spiro atoms. The number of nitrogens with two attached hydrogens (primary N) is 1. The van der Waals surface area contributed by atoms with Gasteiger partial charge in [-0.1, -0.05) is 38.8 Å². The Bertz CT molecular complexity index is 568. The van der Waals surface area contributed by atoms with Gasteiger partial charge in [-0.05, 0) is 30.4 Å². The van der Waals surface area contributed by atoms with Crippen molar-refractivity contribution in [2.24, 2.45) is 5.41 Å². The molecule has 1 fully saturated rings. The summed E-state index contributed by atoms with van der Waals surface area (Å²) in [4.78, 5) is 4.49. The molecule has 2 aromatic rings. The Morgan fingerprint density at radius 3 is 2.83 bits per heavy atom. The molecule has 1 aliphatic rings. The van der Waals surface area contributed by atoms with Crippen LogP contribution >= 0.6 is 0 Å². The fourth-order valence-corrected chi connectivity index (χ4v) is 3.34. The lowest BCUT2D eigenvalue weighted by Gasteiger charge is -2.40. The molecule has 0 amide bonds. The van der Waals surface area contributed by atoms with E-state index in [2.05, 4.69) is 35.5 Å². The van der Waals surface area contributed by atoms with Gasteiger partial charge in [0.2, 0.25) is 5.95 Å². The normalized spacial score (nSPS) is 23.3. The number of hydrogen-bond donors (Lipinski definition) is 1. The minimum Gasteiger partial charge on any atom is -0.369 e. The van der Waals surface area contributed by atoms with Crippen LogP contribution in [0, 0.1) is 5.41 Å². The number of fused-ring (bicyclic) bond motifs is 1. The molecule has 3 nitrogen and oxygen atoms in total. The summed E-state index contributed by atoms with van der Waals surface area (Å²) in [6.07, 6.45) is 5.09. The molecule has 1 saturated carbocycles. The standard InChI is InChI=1S/C15H21N3/c1-15(2)10-6-5-9-13(15)18-12-8-4-3-7-11(12)17-14(18)16/h3-4,7-8,13H,5-6,9-10H2,1-2H3,(H2,16,17). The first-order chi connectivity index (χ1) is 8.59. The van der Waals surface area contributed by atoms with Crippen molar-refractivity contribution in [3.05, 3.63) is 24.3 Å². The minimum atomic E-state index is 0.301. The quantitative estimate of drug-likeness (QED) is 0.828. The lowest BCUT2D eigenvalue weighted by atomic mass is 9.73. The highest BCUT2D eigenvalue weighted by Crippen LogP contribution is 2.45. The fourth-order valence-electron chi connectivity index (χ4n) is 3.34. The van der Waals surface area contributed by atoms with E-state index in [-0.39, 0.29) is 0 Å². The Morgan fingerprint density at radius 2 is 2.06 bits per heavy atom. The fraction of sp³-hybridized carbons (Fsp3) is 0.533. The average molecular weight is 243 g/mol. The monoisotopic (exact) mass is 243 g/mol. The maximum absolute atomic E-state index is 6.16. The van der Waals surface area contributed by atoms with Gasteiger partial charge in [0.25, 0.3) is 0 Å². The lowest BCUT2D eigenvalue weighted by Crippen LogP contribution is -2.31.